The summed E-state index contributed by atoms with van der Waals surface area (Å²) < 4.78 is 0. The van der Waals surface area contributed by atoms with Gasteiger partial charge in [-0.1, -0.05) is 6.92 Å². The summed E-state index contributed by atoms with van der Waals surface area (Å²) in [5.74, 6) is 0.288. The molecule has 20 heavy (non-hydrogen) atoms. The monoisotopic (exact) mass is 315 g/mol. The third-order valence-electron chi connectivity index (χ3n) is 2.84. The first kappa shape index (κ1) is 16.8. The highest BCUT2D eigenvalue weighted by molar-refractivity contribution is 8.00. The minimum Gasteiger partial charge on any atom is -0.326 e. The molecule has 2 rings (SSSR count). The van der Waals surface area contributed by atoms with Crippen molar-refractivity contribution < 1.29 is 9.59 Å². The minimum absolute atomic E-state index is 0. The highest BCUT2D eigenvalue weighted by Crippen LogP contribution is 2.33. The third kappa shape index (κ3) is 4.13. The van der Waals surface area contributed by atoms with Gasteiger partial charge in [-0.15, -0.1) is 24.2 Å². The molecule has 2 amide bonds. The average molecular weight is 316 g/mol. The topological polar surface area (TPSA) is 70.2 Å². The van der Waals surface area contributed by atoms with Crippen molar-refractivity contribution >= 4 is 47.4 Å². The van der Waals surface area contributed by atoms with Crippen LogP contribution in [0.2, 0.25) is 0 Å². The van der Waals surface area contributed by atoms with Crippen molar-refractivity contribution in [3.63, 3.8) is 0 Å². The van der Waals surface area contributed by atoms with Crippen LogP contribution in [0.1, 0.15) is 6.92 Å². The normalized spacial score (nSPS) is 14.6. The van der Waals surface area contributed by atoms with Gasteiger partial charge in [0.25, 0.3) is 0 Å². The predicted molar refractivity (Wildman–Crippen MR) is 84.8 cm³/mol. The van der Waals surface area contributed by atoms with Crippen molar-refractivity contribution in [2.45, 2.75) is 11.8 Å². The summed E-state index contributed by atoms with van der Waals surface area (Å²) in [5, 5.41) is 8.63. The number of hydrogen-bond acceptors (Lipinski definition) is 4. The van der Waals surface area contributed by atoms with Gasteiger partial charge in [0, 0.05) is 23.0 Å². The molecule has 0 spiro atoms. The maximum absolute atomic E-state index is 11.9. The van der Waals surface area contributed by atoms with Crippen LogP contribution in [0.3, 0.4) is 0 Å². The van der Waals surface area contributed by atoms with Gasteiger partial charge in [-0.25, -0.2) is 0 Å². The van der Waals surface area contributed by atoms with Gasteiger partial charge in [-0.3, -0.25) is 9.59 Å². The molecule has 0 bridgehead atoms. The Labute approximate surface area is 128 Å². The van der Waals surface area contributed by atoms with Crippen LogP contribution in [0.4, 0.5) is 11.4 Å². The van der Waals surface area contributed by atoms with Gasteiger partial charge >= 0.3 is 0 Å². The van der Waals surface area contributed by atoms with E-state index in [1.165, 1.54) is 11.8 Å². The highest BCUT2D eigenvalue weighted by atomic mass is 35.5. The van der Waals surface area contributed by atoms with Crippen LogP contribution in [0.25, 0.3) is 0 Å². The fourth-order valence-electron chi connectivity index (χ4n) is 1.83. The van der Waals surface area contributed by atoms with E-state index in [0.717, 1.165) is 10.6 Å². The molecule has 1 heterocycles. The van der Waals surface area contributed by atoms with Crippen molar-refractivity contribution in [1.29, 1.82) is 0 Å². The second kappa shape index (κ2) is 7.52. The number of rotatable bonds is 4. The smallest absolute Gasteiger partial charge is 0.234 e. The zero-order valence-electron chi connectivity index (χ0n) is 11.4. The summed E-state index contributed by atoms with van der Waals surface area (Å²) in [7, 11) is 1.81. The Hall–Kier alpha value is -1.24. The SMILES string of the molecule is CNCC(C)C(=O)Nc1ccc2c(c1)NC(=O)CS2.Cl. The molecule has 0 fully saturated rings. The van der Waals surface area contributed by atoms with Gasteiger partial charge in [0.1, 0.15) is 0 Å². The number of anilines is 2. The van der Waals surface area contributed by atoms with Gasteiger partial charge < -0.3 is 16.0 Å². The van der Waals surface area contributed by atoms with Crippen LogP contribution < -0.4 is 16.0 Å². The summed E-state index contributed by atoms with van der Waals surface area (Å²) in [5.41, 5.74) is 1.47. The zero-order valence-corrected chi connectivity index (χ0v) is 13.0. The Balaban J connectivity index is 0.00000200. The van der Waals surface area contributed by atoms with Crippen molar-refractivity contribution in [3.8, 4) is 0 Å². The van der Waals surface area contributed by atoms with Crippen LogP contribution in [0.5, 0.6) is 0 Å². The lowest BCUT2D eigenvalue weighted by Crippen LogP contribution is -2.28. The molecule has 0 aliphatic carbocycles. The second-order valence-electron chi connectivity index (χ2n) is 4.50. The van der Waals surface area contributed by atoms with E-state index in [4.69, 9.17) is 0 Å². The number of amides is 2. The van der Waals surface area contributed by atoms with Crippen LogP contribution in [0, 0.1) is 5.92 Å². The zero-order chi connectivity index (χ0) is 13.8. The molecule has 1 aliphatic heterocycles. The van der Waals surface area contributed by atoms with Gasteiger partial charge in [-0.05, 0) is 25.2 Å². The van der Waals surface area contributed by atoms with E-state index in [1.807, 2.05) is 26.1 Å². The molecule has 110 valence electrons. The molecule has 1 aromatic carbocycles. The Morgan fingerprint density at radius 2 is 2.25 bits per heavy atom. The van der Waals surface area contributed by atoms with Crippen LogP contribution >= 0.6 is 24.2 Å². The molecule has 0 radical (unpaired) electrons. The van der Waals surface area contributed by atoms with E-state index in [1.54, 1.807) is 6.07 Å². The number of hydrogen-bond donors (Lipinski definition) is 3. The Morgan fingerprint density at radius 3 is 2.95 bits per heavy atom. The fraction of sp³-hybridized carbons (Fsp3) is 0.385. The molecular weight excluding hydrogens is 298 g/mol. The van der Waals surface area contributed by atoms with E-state index in [2.05, 4.69) is 16.0 Å². The lowest BCUT2D eigenvalue weighted by Gasteiger charge is -2.18. The molecule has 1 unspecified atom stereocenters. The van der Waals surface area contributed by atoms with Crippen molar-refractivity contribution in [2.24, 2.45) is 5.92 Å². The Morgan fingerprint density at radius 1 is 1.50 bits per heavy atom. The minimum atomic E-state index is -0.106. The molecule has 1 aliphatic rings. The second-order valence-corrected chi connectivity index (χ2v) is 5.51. The summed E-state index contributed by atoms with van der Waals surface area (Å²) >= 11 is 1.50. The highest BCUT2D eigenvalue weighted by Gasteiger charge is 2.17. The van der Waals surface area contributed by atoms with Crippen molar-refractivity contribution in [3.05, 3.63) is 18.2 Å². The fourth-order valence-corrected chi connectivity index (χ4v) is 2.61. The van der Waals surface area contributed by atoms with Crippen molar-refractivity contribution in [2.75, 3.05) is 30.0 Å². The Bertz CT molecular complexity index is 510. The molecule has 0 saturated heterocycles. The maximum atomic E-state index is 11.9. The number of benzene rings is 1. The lowest BCUT2D eigenvalue weighted by molar-refractivity contribution is -0.119. The first-order valence-electron chi connectivity index (χ1n) is 6.12. The first-order valence-corrected chi connectivity index (χ1v) is 7.11. The number of thioether (sulfide) groups is 1. The number of fused-ring (bicyclic) bond motifs is 1. The summed E-state index contributed by atoms with van der Waals surface area (Å²) in [6.45, 7) is 2.49. The number of halogens is 1. The molecule has 7 heteroatoms. The standard InChI is InChI=1S/C13H17N3O2S.ClH/c1-8(6-14-2)13(18)15-9-3-4-11-10(5-9)16-12(17)7-19-11;/h3-5,8,14H,6-7H2,1-2H3,(H,15,18)(H,16,17);1H. The largest absolute Gasteiger partial charge is 0.326 e. The van der Waals surface area contributed by atoms with Crippen molar-refractivity contribution in [1.82, 2.24) is 5.32 Å². The molecule has 1 atom stereocenters. The van der Waals surface area contributed by atoms with Gasteiger partial charge in [-0.2, -0.15) is 0 Å². The quantitative estimate of drug-likeness (QED) is 0.794. The van der Waals surface area contributed by atoms with E-state index < -0.39 is 0 Å². The molecule has 0 aromatic heterocycles. The number of nitrogens with one attached hydrogen (secondary N) is 3. The molecule has 3 N–H and O–H groups in total. The van der Waals surface area contributed by atoms with E-state index in [0.29, 0.717) is 18.0 Å². The van der Waals surface area contributed by atoms with Crippen LogP contribution in [-0.2, 0) is 9.59 Å². The van der Waals surface area contributed by atoms with E-state index in [9.17, 15) is 9.59 Å². The van der Waals surface area contributed by atoms with Gasteiger partial charge in [0.15, 0.2) is 0 Å². The molecule has 1 aromatic rings. The molecular formula is C13H18ClN3O2S. The number of carbonyl (C=O) groups is 2. The first-order chi connectivity index (χ1) is 9.10. The third-order valence-corrected chi connectivity index (χ3v) is 3.91. The summed E-state index contributed by atoms with van der Waals surface area (Å²) in [6, 6.07) is 5.56. The maximum Gasteiger partial charge on any atom is 0.234 e. The van der Waals surface area contributed by atoms with Crippen LogP contribution in [0.15, 0.2) is 23.1 Å². The molecule has 5 nitrogen and oxygen atoms in total. The average Bonchev–Trinajstić information content (AvgIpc) is 2.38. The predicted octanol–water partition coefficient (Wildman–Crippen LogP) is 1.95. The number of carbonyl (C=O) groups excluding carboxylic acids is 2. The van der Waals surface area contributed by atoms with E-state index in [-0.39, 0.29) is 30.1 Å². The summed E-state index contributed by atoms with van der Waals surface area (Å²) in [6.07, 6.45) is 0. The van der Waals surface area contributed by atoms with E-state index >= 15 is 0 Å². The molecule has 0 saturated carbocycles. The Kier molecular flexibility index (Phi) is 6.32. The summed E-state index contributed by atoms with van der Waals surface area (Å²) in [4.78, 5) is 24.2. The van der Waals surface area contributed by atoms with Gasteiger partial charge in [0.2, 0.25) is 11.8 Å². The van der Waals surface area contributed by atoms with Gasteiger partial charge in [0.05, 0.1) is 11.4 Å². The lowest BCUT2D eigenvalue weighted by atomic mass is 10.1. The van der Waals surface area contributed by atoms with Crippen LogP contribution in [-0.4, -0.2) is 31.2 Å².